The minimum atomic E-state index is -0.604. The first-order valence-electron chi connectivity index (χ1n) is 5.63. The van der Waals surface area contributed by atoms with Crippen molar-refractivity contribution in [3.05, 3.63) is 27.7 Å². The molecular weight excluding hydrogens is 222 g/mol. The van der Waals surface area contributed by atoms with E-state index in [1.165, 1.54) is 4.57 Å². The summed E-state index contributed by atoms with van der Waals surface area (Å²) in [6, 6.07) is 1.05. The Bertz CT molecular complexity index is 476. The summed E-state index contributed by atoms with van der Waals surface area (Å²) < 4.78 is 6.31. The molecule has 1 heterocycles. The number of rotatable bonds is 4. The maximum absolute atomic E-state index is 11.7. The minimum absolute atomic E-state index is 0.0694. The molecule has 0 bridgehead atoms. The standard InChI is InChI=1S/C12H17NO4/c1-4-6-13-8(3)11(12(16)17-5-2)9(14)7-10(13)15/h7,14H,4-6H2,1-3H3. The van der Waals surface area contributed by atoms with E-state index in [9.17, 15) is 14.7 Å². The van der Waals surface area contributed by atoms with Crippen molar-refractivity contribution < 1.29 is 14.6 Å². The summed E-state index contributed by atoms with van der Waals surface area (Å²) >= 11 is 0. The van der Waals surface area contributed by atoms with Gasteiger partial charge < -0.3 is 14.4 Å². The fourth-order valence-electron chi connectivity index (χ4n) is 1.71. The van der Waals surface area contributed by atoms with Gasteiger partial charge in [-0.3, -0.25) is 4.79 Å². The van der Waals surface area contributed by atoms with E-state index in [1.807, 2.05) is 6.92 Å². The second-order valence-corrected chi connectivity index (χ2v) is 3.70. The van der Waals surface area contributed by atoms with Crippen molar-refractivity contribution in [2.45, 2.75) is 33.7 Å². The second-order valence-electron chi connectivity index (χ2n) is 3.70. The number of aromatic nitrogens is 1. The van der Waals surface area contributed by atoms with E-state index in [1.54, 1.807) is 13.8 Å². The monoisotopic (exact) mass is 239 g/mol. The summed E-state index contributed by atoms with van der Waals surface area (Å²) in [4.78, 5) is 23.3. The molecule has 0 aromatic carbocycles. The van der Waals surface area contributed by atoms with E-state index >= 15 is 0 Å². The number of pyridine rings is 1. The van der Waals surface area contributed by atoms with Crippen molar-refractivity contribution in [3.63, 3.8) is 0 Å². The lowest BCUT2D eigenvalue weighted by molar-refractivity contribution is 0.0520. The number of esters is 1. The Balaban J connectivity index is 3.35. The van der Waals surface area contributed by atoms with Crippen LogP contribution in [-0.2, 0) is 11.3 Å². The molecule has 0 amide bonds. The Hall–Kier alpha value is -1.78. The number of hydrogen-bond acceptors (Lipinski definition) is 4. The van der Waals surface area contributed by atoms with Gasteiger partial charge in [-0.1, -0.05) is 6.92 Å². The van der Waals surface area contributed by atoms with Gasteiger partial charge >= 0.3 is 5.97 Å². The molecule has 94 valence electrons. The van der Waals surface area contributed by atoms with Crippen LogP contribution in [0.2, 0.25) is 0 Å². The van der Waals surface area contributed by atoms with E-state index in [0.717, 1.165) is 12.5 Å². The normalized spacial score (nSPS) is 10.3. The molecule has 0 spiro atoms. The molecule has 0 fully saturated rings. The van der Waals surface area contributed by atoms with Crippen molar-refractivity contribution >= 4 is 5.97 Å². The minimum Gasteiger partial charge on any atom is -0.507 e. The molecule has 1 aromatic rings. The van der Waals surface area contributed by atoms with Gasteiger partial charge in [0.1, 0.15) is 11.3 Å². The molecule has 1 rings (SSSR count). The van der Waals surface area contributed by atoms with Crippen LogP contribution in [0.15, 0.2) is 10.9 Å². The molecule has 0 unspecified atom stereocenters. The molecule has 0 radical (unpaired) electrons. The molecule has 17 heavy (non-hydrogen) atoms. The summed E-state index contributed by atoms with van der Waals surface area (Å²) in [5.41, 5.74) is 0.199. The number of carbonyl (C=O) groups excluding carboxylic acids is 1. The number of aromatic hydroxyl groups is 1. The summed E-state index contributed by atoms with van der Waals surface area (Å²) in [6.45, 7) is 5.99. The highest BCUT2D eigenvalue weighted by molar-refractivity contribution is 5.93. The van der Waals surface area contributed by atoms with Crippen molar-refractivity contribution in [3.8, 4) is 5.75 Å². The third-order valence-electron chi connectivity index (χ3n) is 2.48. The maximum atomic E-state index is 11.7. The van der Waals surface area contributed by atoms with E-state index in [2.05, 4.69) is 0 Å². The molecule has 0 aliphatic rings. The lowest BCUT2D eigenvalue weighted by Gasteiger charge is -2.13. The zero-order valence-corrected chi connectivity index (χ0v) is 10.3. The molecule has 0 saturated carbocycles. The summed E-state index contributed by atoms with van der Waals surface area (Å²) in [6.07, 6.45) is 0.772. The summed E-state index contributed by atoms with van der Waals surface area (Å²) in [5.74, 6) is -0.925. The Kier molecular flexibility index (Phi) is 4.31. The van der Waals surface area contributed by atoms with Crippen molar-refractivity contribution in [1.29, 1.82) is 0 Å². The third kappa shape index (κ3) is 2.67. The average Bonchev–Trinajstić information content (AvgIpc) is 2.24. The Labute approximate surface area is 99.6 Å². The number of ether oxygens (including phenoxy) is 1. The van der Waals surface area contributed by atoms with Gasteiger partial charge in [-0.05, 0) is 20.3 Å². The van der Waals surface area contributed by atoms with E-state index in [0.29, 0.717) is 12.2 Å². The van der Waals surface area contributed by atoms with Gasteiger partial charge in [-0.25, -0.2) is 4.79 Å². The lowest BCUT2D eigenvalue weighted by atomic mass is 10.1. The van der Waals surface area contributed by atoms with Crippen LogP contribution in [0.3, 0.4) is 0 Å². The molecule has 1 aromatic heterocycles. The third-order valence-corrected chi connectivity index (χ3v) is 2.48. The number of nitrogens with zero attached hydrogens (tertiary/aromatic N) is 1. The lowest BCUT2D eigenvalue weighted by Crippen LogP contribution is -2.24. The topological polar surface area (TPSA) is 68.5 Å². The zero-order valence-electron chi connectivity index (χ0n) is 10.3. The fraction of sp³-hybridized carbons (Fsp3) is 0.500. The maximum Gasteiger partial charge on any atom is 0.343 e. The molecular formula is C12H17NO4. The number of hydrogen-bond donors (Lipinski definition) is 1. The molecule has 5 heteroatoms. The van der Waals surface area contributed by atoms with Crippen LogP contribution in [0.25, 0.3) is 0 Å². The van der Waals surface area contributed by atoms with Gasteiger partial charge in [-0.15, -0.1) is 0 Å². The molecule has 0 atom stereocenters. The summed E-state index contributed by atoms with van der Waals surface area (Å²) in [7, 11) is 0. The van der Waals surface area contributed by atoms with Crippen LogP contribution in [0, 0.1) is 6.92 Å². The quantitative estimate of drug-likeness (QED) is 0.807. The van der Waals surface area contributed by atoms with Crippen LogP contribution in [0.4, 0.5) is 0 Å². The zero-order chi connectivity index (χ0) is 13.0. The predicted octanol–water partition coefficient (Wildman–Crippen LogP) is 1.45. The van der Waals surface area contributed by atoms with E-state index in [-0.39, 0.29) is 23.5 Å². The second kappa shape index (κ2) is 5.52. The van der Waals surface area contributed by atoms with Crippen molar-refractivity contribution in [1.82, 2.24) is 4.57 Å². The van der Waals surface area contributed by atoms with Crippen LogP contribution in [0.1, 0.15) is 36.3 Å². The Morgan fingerprint density at radius 1 is 1.47 bits per heavy atom. The molecule has 0 aliphatic heterocycles. The van der Waals surface area contributed by atoms with Crippen LogP contribution < -0.4 is 5.56 Å². The molecule has 0 aliphatic carbocycles. The molecule has 0 saturated heterocycles. The highest BCUT2D eigenvalue weighted by Crippen LogP contribution is 2.19. The smallest absolute Gasteiger partial charge is 0.343 e. The average molecular weight is 239 g/mol. The van der Waals surface area contributed by atoms with Crippen LogP contribution in [0.5, 0.6) is 5.75 Å². The van der Waals surface area contributed by atoms with Gasteiger partial charge in [0.05, 0.1) is 6.61 Å². The highest BCUT2D eigenvalue weighted by atomic mass is 16.5. The molecule has 1 N–H and O–H groups in total. The Morgan fingerprint density at radius 2 is 2.12 bits per heavy atom. The Morgan fingerprint density at radius 3 is 2.65 bits per heavy atom. The van der Waals surface area contributed by atoms with Crippen molar-refractivity contribution in [2.75, 3.05) is 6.61 Å². The first kappa shape index (κ1) is 13.3. The van der Waals surface area contributed by atoms with E-state index in [4.69, 9.17) is 4.74 Å². The largest absolute Gasteiger partial charge is 0.507 e. The van der Waals surface area contributed by atoms with Crippen LogP contribution >= 0.6 is 0 Å². The first-order valence-corrected chi connectivity index (χ1v) is 5.63. The van der Waals surface area contributed by atoms with Gasteiger partial charge in [0.25, 0.3) is 5.56 Å². The highest BCUT2D eigenvalue weighted by Gasteiger charge is 2.19. The van der Waals surface area contributed by atoms with Crippen LogP contribution in [-0.4, -0.2) is 22.2 Å². The van der Waals surface area contributed by atoms with Gasteiger partial charge in [0.15, 0.2) is 0 Å². The van der Waals surface area contributed by atoms with Gasteiger partial charge in [0.2, 0.25) is 0 Å². The fourth-order valence-corrected chi connectivity index (χ4v) is 1.71. The van der Waals surface area contributed by atoms with Crippen molar-refractivity contribution in [2.24, 2.45) is 0 Å². The molecule has 5 nitrogen and oxygen atoms in total. The summed E-state index contributed by atoms with van der Waals surface area (Å²) in [5, 5.41) is 9.65. The first-order chi connectivity index (χ1) is 8.02. The van der Waals surface area contributed by atoms with E-state index < -0.39 is 5.97 Å². The number of carbonyl (C=O) groups is 1. The van der Waals surface area contributed by atoms with Gasteiger partial charge in [0, 0.05) is 18.3 Å². The predicted molar refractivity (Wildman–Crippen MR) is 63.4 cm³/mol. The van der Waals surface area contributed by atoms with Gasteiger partial charge in [-0.2, -0.15) is 0 Å². The SMILES string of the molecule is CCCn1c(C)c(C(=O)OCC)c(O)cc1=O.